The Bertz CT molecular complexity index is 879. The van der Waals surface area contributed by atoms with E-state index in [2.05, 4.69) is 5.32 Å². The molecule has 2 bridgehead atoms. The zero-order chi connectivity index (χ0) is 20.6. The van der Waals surface area contributed by atoms with Crippen molar-refractivity contribution >= 4 is 17.6 Å². The van der Waals surface area contributed by atoms with Gasteiger partial charge in [0.2, 0.25) is 5.75 Å². The molecule has 0 aliphatic carbocycles. The minimum absolute atomic E-state index is 0.0300. The molecule has 9 nitrogen and oxygen atoms in total. The number of ether oxygens (including phenoxy) is 3. The smallest absolute Gasteiger partial charge is 0.336 e. The number of fused-ring (bicyclic) bond motifs is 4. The van der Waals surface area contributed by atoms with E-state index >= 15 is 0 Å². The highest BCUT2D eigenvalue weighted by atomic mass is 16.6. The van der Waals surface area contributed by atoms with E-state index in [-0.39, 0.29) is 30.2 Å². The lowest BCUT2D eigenvalue weighted by molar-refractivity contribution is -0.386. The van der Waals surface area contributed by atoms with Gasteiger partial charge in [-0.25, -0.2) is 4.79 Å². The van der Waals surface area contributed by atoms with Gasteiger partial charge in [-0.1, -0.05) is 12.1 Å². The Hall–Kier alpha value is -3.10. The summed E-state index contributed by atoms with van der Waals surface area (Å²) in [5.41, 5.74) is -0.448. The third-order valence-corrected chi connectivity index (χ3v) is 4.98. The Morgan fingerprint density at radius 1 is 1.29 bits per heavy atom. The van der Waals surface area contributed by atoms with Crippen molar-refractivity contribution in [1.82, 2.24) is 5.32 Å². The van der Waals surface area contributed by atoms with E-state index in [0.29, 0.717) is 11.3 Å². The van der Waals surface area contributed by atoms with Crippen LogP contribution in [0.5, 0.6) is 5.75 Å². The highest BCUT2D eigenvalue weighted by molar-refractivity contribution is 5.94. The Morgan fingerprint density at radius 3 is 2.57 bits per heavy atom. The van der Waals surface area contributed by atoms with Crippen molar-refractivity contribution in [2.45, 2.75) is 39.3 Å². The van der Waals surface area contributed by atoms with Crippen LogP contribution in [-0.4, -0.2) is 35.8 Å². The molecule has 1 aromatic carbocycles. The standard InChI is InChI=1S/C19H22N2O7/c1-5-26-17(22)13-10(3)20-19(4)15(18(23)27-6-2)14(13)11-8-7-9-12(21(24)25)16(11)28-19/h7-9,14-15,20H,5-6H2,1-4H3. The molecule has 150 valence electrons. The number of esters is 2. The molecule has 28 heavy (non-hydrogen) atoms. The van der Waals surface area contributed by atoms with Gasteiger partial charge in [0.1, 0.15) is 5.92 Å². The number of hydrogen-bond acceptors (Lipinski definition) is 8. The molecule has 0 aromatic heterocycles. The van der Waals surface area contributed by atoms with Gasteiger partial charge in [-0.15, -0.1) is 0 Å². The van der Waals surface area contributed by atoms with Crippen LogP contribution in [0.2, 0.25) is 0 Å². The lowest BCUT2D eigenvalue weighted by Crippen LogP contribution is -2.63. The molecule has 9 heteroatoms. The molecule has 0 spiro atoms. The topological polar surface area (TPSA) is 117 Å². The van der Waals surface area contributed by atoms with Gasteiger partial charge in [0, 0.05) is 23.2 Å². The predicted molar refractivity (Wildman–Crippen MR) is 97.5 cm³/mol. The fourth-order valence-corrected chi connectivity index (χ4v) is 4.00. The second-order valence-electron chi connectivity index (χ2n) is 6.75. The average molecular weight is 390 g/mol. The summed E-state index contributed by atoms with van der Waals surface area (Å²) in [4.78, 5) is 36.5. The number of para-hydroxylation sites is 1. The van der Waals surface area contributed by atoms with Crippen LogP contribution in [0.1, 0.15) is 39.2 Å². The molecule has 0 fully saturated rings. The quantitative estimate of drug-likeness (QED) is 0.463. The molecule has 3 unspecified atom stereocenters. The number of nitrogens with zero attached hydrogens (tertiary/aromatic N) is 1. The number of rotatable bonds is 5. The van der Waals surface area contributed by atoms with Gasteiger partial charge in [-0.05, 0) is 27.7 Å². The molecule has 2 heterocycles. The second kappa shape index (κ2) is 7.14. The molecular formula is C19H22N2O7. The fourth-order valence-electron chi connectivity index (χ4n) is 4.00. The highest BCUT2D eigenvalue weighted by Gasteiger charge is 2.58. The highest BCUT2D eigenvalue weighted by Crippen LogP contribution is 2.54. The Labute approximate surface area is 161 Å². The third-order valence-electron chi connectivity index (χ3n) is 4.98. The van der Waals surface area contributed by atoms with Crippen molar-refractivity contribution < 1.29 is 28.7 Å². The van der Waals surface area contributed by atoms with Gasteiger partial charge < -0.3 is 19.5 Å². The van der Waals surface area contributed by atoms with Crippen LogP contribution < -0.4 is 10.1 Å². The Balaban J connectivity index is 2.28. The molecule has 0 radical (unpaired) electrons. The van der Waals surface area contributed by atoms with Crippen molar-refractivity contribution in [2.24, 2.45) is 5.92 Å². The number of benzene rings is 1. The third kappa shape index (κ3) is 2.96. The van der Waals surface area contributed by atoms with E-state index in [1.807, 2.05) is 0 Å². The van der Waals surface area contributed by atoms with Crippen LogP contribution in [0.4, 0.5) is 5.69 Å². The molecule has 3 atom stereocenters. The summed E-state index contributed by atoms with van der Waals surface area (Å²) in [6.07, 6.45) is 0. The van der Waals surface area contributed by atoms with Gasteiger partial charge in [0.15, 0.2) is 5.72 Å². The first-order valence-corrected chi connectivity index (χ1v) is 9.04. The molecule has 0 amide bonds. The zero-order valence-corrected chi connectivity index (χ0v) is 16.1. The molecule has 2 aliphatic rings. The molecular weight excluding hydrogens is 368 g/mol. The van der Waals surface area contributed by atoms with E-state index in [1.54, 1.807) is 33.8 Å². The van der Waals surface area contributed by atoms with Crippen molar-refractivity contribution in [3.8, 4) is 5.75 Å². The van der Waals surface area contributed by atoms with Crippen LogP contribution >= 0.6 is 0 Å². The normalized spacial score (nSPS) is 25.1. The monoisotopic (exact) mass is 390 g/mol. The summed E-state index contributed by atoms with van der Waals surface area (Å²) in [6.45, 7) is 6.97. The van der Waals surface area contributed by atoms with E-state index in [9.17, 15) is 19.7 Å². The summed E-state index contributed by atoms with van der Waals surface area (Å²) in [5, 5.41) is 14.5. The molecule has 2 aliphatic heterocycles. The van der Waals surface area contributed by atoms with Crippen molar-refractivity contribution in [1.29, 1.82) is 0 Å². The minimum atomic E-state index is -1.32. The van der Waals surface area contributed by atoms with Crippen molar-refractivity contribution in [2.75, 3.05) is 13.2 Å². The van der Waals surface area contributed by atoms with Crippen molar-refractivity contribution in [3.05, 3.63) is 45.1 Å². The molecule has 0 saturated carbocycles. The maximum atomic E-state index is 12.8. The summed E-state index contributed by atoms with van der Waals surface area (Å²) in [5.74, 6) is -2.84. The minimum Gasteiger partial charge on any atom is -0.466 e. The molecule has 0 saturated heterocycles. The first-order chi connectivity index (χ1) is 13.2. The van der Waals surface area contributed by atoms with Gasteiger partial charge in [0.25, 0.3) is 0 Å². The maximum absolute atomic E-state index is 12.8. The lowest BCUT2D eigenvalue weighted by atomic mass is 9.70. The summed E-state index contributed by atoms with van der Waals surface area (Å²) in [7, 11) is 0. The predicted octanol–water partition coefficient (Wildman–Crippen LogP) is 2.41. The van der Waals surface area contributed by atoms with Gasteiger partial charge in [-0.2, -0.15) is 0 Å². The largest absolute Gasteiger partial charge is 0.466 e. The number of nitro benzene ring substituents is 1. The van der Waals surface area contributed by atoms with Crippen LogP contribution in [0, 0.1) is 16.0 Å². The van der Waals surface area contributed by atoms with Gasteiger partial charge in [-0.3, -0.25) is 14.9 Å². The lowest BCUT2D eigenvalue weighted by Gasteiger charge is -2.49. The van der Waals surface area contributed by atoms with Gasteiger partial charge in [0.05, 0.1) is 23.7 Å². The Kier molecular flexibility index (Phi) is 5.01. The van der Waals surface area contributed by atoms with E-state index in [4.69, 9.17) is 14.2 Å². The van der Waals surface area contributed by atoms with Crippen LogP contribution in [0.3, 0.4) is 0 Å². The van der Waals surface area contributed by atoms with Crippen molar-refractivity contribution in [3.63, 3.8) is 0 Å². The summed E-state index contributed by atoms with van der Waals surface area (Å²) in [6, 6.07) is 4.45. The Morgan fingerprint density at radius 2 is 1.96 bits per heavy atom. The number of carbonyl (C=O) groups is 2. The molecule has 1 N–H and O–H groups in total. The molecule has 3 rings (SSSR count). The van der Waals surface area contributed by atoms with E-state index in [1.165, 1.54) is 12.1 Å². The second-order valence-corrected chi connectivity index (χ2v) is 6.75. The zero-order valence-electron chi connectivity index (χ0n) is 16.1. The number of nitro groups is 1. The maximum Gasteiger partial charge on any atom is 0.336 e. The van der Waals surface area contributed by atoms with Crippen LogP contribution in [0.25, 0.3) is 0 Å². The first kappa shape index (κ1) is 19.7. The number of carbonyl (C=O) groups excluding carboxylic acids is 2. The SMILES string of the molecule is CCOC(=O)C1=C(C)NC2(C)Oc3c(cccc3[N+](=O)[O-])C1C2C(=O)OCC. The summed E-state index contributed by atoms with van der Waals surface area (Å²) >= 11 is 0. The first-order valence-electron chi connectivity index (χ1n) is 9.04. The van der Waals surface area contributed by atoms with Crippen LogP contribution in [-0.2, 0) is 19.1 Å². The summed E-state index contributed by atoms with van der Waals surface area (Å²) < 4.78 is 16.4. The van der Waals surface area contributed by atoms with E-state index < -0.39 is 34.4 Å². The number of allylic oxidation sites excluding steroid dienone is 1. The van der Waals surface area contributed by atoms with Crippen LogP contribution in [0.15, 0.2) is 29.5 Å². The number of hydrogen-bond donors (Lipinski definition) is 1. The number of nitrogens with one attached hydrogen (secondary N) is 1. The van der Waals surface area contributed by atoms with Gasteiger partial charge >= 0.3 is 17.6 Å². The van der Waals surface area contributed by atoms with E-state index in [0.717, 1.165) is 0 Å². The average Bonchev–Trinajstić information content (AvgIpc) is 2.60. The molecule has 1 aromatic rings. The fraction of sp³-hybridized carbons (Fsp3) is 0.474.